The van der Waals surface area contributed by atoms with Crippen LogP contribution in [0.1, 0.15) is 37.4 Å². The van der Waals surface area contributed by atoms with Crippen molar-refractivity contribution in [2.75, 3.05) is 4.90 Å². The molecule has 1 heterocycles. The van der Waals surface area contributed by atoms with Crippen molar-refractivity contribution in [3.8, 4) is 0 Å². The van der Waals surface area contributed by atoms with Gasteiger partial charge in [0.15, 0.2) is 0 Å². The van der Waals surface area contributed by atoms with Gasteiger partial charge in [-0.2, -0.15) is 5.10 Å². The molecule has 0 fully saturated rings. The lowest BCUT2D eigenvalue weighted by atomic mass is 10.1. The van der Waals surface area contributed by atoms with E-state index in [2.05, 4.69) is 39.7 Å². The number of anilines is 1. The van der Waals surface area contributed by atoms with E-state index in [1.165, 1.54) is 29.5 Å². The number of aromatic carboxylic acids is 1. The predicted molar refractivity (Wildman–Crippen MR) is 111 cm³/mol. The highest BCUT2D eigenvalue weighted by Crippen LogP contribution is 2.28. The van der Waals surface area contributed by atoms with Crippen molar-refractivity contribution in [2.45, 2.75) is 13.1 Å². The molecule has 6 heteroatoms. The summed E-state index contributed by atoms with van der Waals surface area (Å²) in [7, 11) is 0. The number of hydrogen-bond donors (Lipinski definition) is 2. The Balaban J connectivity index is 1.35. The molecule has 0 unspecified atom stereocenters. The van der Waals surface area contributed by atoms with Crippen LogP contribution in [0.4, 0.5) is 5.69 Å². The van der Waals surface area contributed by atoms with Crippen molar-refractivity contribution in [1.29, 1.82) is 0 Å². The zero-order valence-corrected chi connectivity index (χ0v) is 15.6. The van der Waals surface area contributed by atoms with Crippen LogP contribution < -0.4 is 10.3 Å². The van der Waals surface area contributed by atoms with E-state index in [1.54, 1.807) is 24.3 Å². The Labute approximate surface area is 168 Å². The summed E-state index contributed by atoms with van der Waals surface area (Å²) in [6, 6.07) is 22.1. The lowest BCUT2D eigenvalue weighted by molar-refractivity contribution is 0.0696. The molecule has 1 amide bonds. The lowest BCUT2D eigenvalue weighted by Crippen LogP contribution is -2.18. The molecular weight excluding hydrogens is 366 g/mol. The van der Waals surface area contributed by atoms with Crippen LogP contribution in [0.15, 0.2) is 77.9 Å². The van der Waals surface area contributed by atoms with Gasteiger partial charge >= 0.3 is 5.97 Å². The third kappa shape index (κ3) is 4.16. The lowest BCUT2D eigenvalue weighted by Gasteiger charge is -2.17. The second-order valence-electron chi connectivity index (χ2n) is 6.80. The maximum Gasteiger partial charge on any atom is 0.335 e. The smallest absolute Gasteiger partial charge is 0.335 e. The Hall–Kier alpha value is -3.93. The molecule has 4 rings (SSSR count). The van der Waals surface area contributed by atoms with Gasteiger partial charge in [0.05, 0.1) is 11.8 Å². The van der Waals surface area contributed by atoms with Crippen molar-refractivity contribution in [1.82, 2.24) is 5.43 Å². The number of carbonyl (C=O) groups is 2. The monoisotopic (exact) mass is 385 g/mol. The fourth-order valence-corrected chi connectivity index (χ4v) is 3.28. The minimum Gasteiger partial charge on any atom is -0.478 e. The molecule has 2 N–H and O–H groups in total. The van der Waals surface area contributed by atoms with Crippen LogP contribution in [0.25, 0.3) is 0 Å². The number of fused-ring (bicyclic) bond motifs is 1. The van der Waals surface area contributed by atoms with E-state index in [-0.39, 0.29) is 11.5 Å². The quantitative estimate of drug-likeness (QED) is 0.519. The van der Waals surface area contributed by atoms with E-state index < -0.39 is 5.97 Å². The number of nitrogens with one attached hydrogen (secondary N) is 1. The van der Waals surface area contributed by atoms with Gasteiger partial charge < -0.3 is 10.0 Å². The van der Waals surface area contributed by atoms with Gasteiger partial charge in [-0.25, -0.2) is 10.2 Å². The number of amides is 1. The number of rotatable bonds is 5. The Morgan fingerprint density at radius 3 is 2.03 bits per heavy atom. The van der Waals surface area contributed by atoms with Gasteiger partial charge in [0, 0.05) is 24.3 Å². The molecular formula is C23H19N3O3. The van der Waals surface area contributed by atoms with Crippen LogP contribution in [-0.4, -0.2) is 23.2 Å². The van der Waals surface area contributed by atoms with Crippen LogP contribution in [0, 0.1) is 0 Å². The largest absolute Gasteiger partial charge is 0.478 e. The number of hydrogen-bond acceptors (Lipinski definition) is 4. The molecule has 0 aromatic heterocycles. The minimum atomic E-state index is -0.983. The Bertz CT molecular complexity index is 1050. The molecule has 0 bridgehead atoms. The highest BCUT2D eigenvalue weighted by molar-refractivity contribution is 5.95. The van der Waals surface area contributed by atoms with Crippen molar-refractivity contribution in [3.63, 3.8) is 0 Å². The summed E-state index contributed by atoms with van der Waals surface area (Å²) in [5, 5.41) is 12.8. The van der Waals surface area contributed by atoms with Crippen molar-refractivity contribution >= 4 is 23.8 Å². The van der Waals surface area contributed by atoms with E-state index >= 15 is 0 Å². The second-order valence-corrected chi connectivity index (χ2v) is 6.80. The Morgan fingerprint density at radius 2 is 1.45 bits per heavy atom. The molecule has 0 saturated carbocycles. The summed E-state index contributed by atoms with van der Waals surface area (Å²) < 4.78 is 0. The minimum absolute atomic E-state index is 0.201. The van der Waals surface area contributed by atoms with Gasteiger partial charge in [0.25, 0.3) is 5.91 Å². The first kappa shape index (κ1) is 18.4. The molecule has 0 atom stereocenters. The first-order valence-electron chi connectivity index (χ1n) is 9.19. The highest BCUT2D eigenvalue weighted by Gasteiger charge is 2.18. The third-order valence-corrected chi connectivity index (χ3v) is 4.87. The van der Waals surface area contributed by atoms with E-state index in [1.807, 2.05) is 12.1 Å². The standard InChI is InChI=1S/C23H19N3O3/c27-22(25-24-13-16-5-7-18(8-6-16)23(28)29)17-9-11-21(12-10-17)26-14-19-3-1-2-4-20(19)15-26/h1-13H,14-15H2,(H,25,27)(H,28,29). The molecule has 1 aliphatic heterocycles. The van der Waals surface area contributed by atoms with Crippen LogP contribution in [0.2, 0.25) is 0 Å². The van der Waals surface area contributed by atoms with Gasteiger partial charge in [-0.05, 0) is 53.1 Å². The molecule has 3 aromatic rings. The normalized spacial score (nSPS) is 12.8. The molecule has 0 spiro atoms. The Kier molecular flexibility index (Phi) is 5.07. The molecule has 0 radical (unpaired) electrons. The number of benzene rings is 3. The Morgan fingerprint density at radius 1 is 0.862 bits per heavy atom. The number of carbonyl (C=O) groups excluding carboxylic acids is 1. The van der Waals surface area contributed by atoms with E-state index in [4.69, 9.17) is 5.11 Å². The number of hydrazone groups is 1. The maximum absolute atomic E-state index is 12.3. The first-order valence-corrected chi connectivity index (χ1v) is 9.19. The summed E-state index contributed by atoms with van der Waals surface area (Å²) in [6.45, 7) is 1.74. The number of carboxylic acid groups (broad SMARTS) is 1. The van der Waals surface area contributed by atoms with E-state index in [9.17, 15) is 9.59 Å². The molecule has 0 saturated heterocycles. The molecule has 29 heavy (non-hydrogen) atoms. The molecule has 6 nitrogen and oxygen atoms in total. The summed E-state index contributed by atoms with van der Waals surface area (Å²) in [5.41, 5.74) is 7.64. The molecule has 0 aliphatic carbocycles. The maximum atomic E-state index is 12.3. The van der Waals surface area contributed by atoms with Crippen LogP contribution in [0.5, 0.6) is 0 Å². The summed E-state index contributed by atoms with van der Waals surface area (Å²) >= 11 is 0. The van der Waals surface area contributed by atoms with Gasteiger partial charge in [0.1, 0.15) is 0 Å². The van der Waals surface area contributed by atoms with Crippen LogP contribution in [0.3, 0.4) is 0 Å². The molecule has 3 aromatic carbocycles. The fourth-order valence-electron chi connectivity index (χ4n) is 3.28. The predicted octanol–water partition coefficient (Wildman–Crippen LogP) is 3.67. The van der Waals surface area contributed by atoms with Crippen molar-refractivity contribution < 1.29 is 14.7 Å². The van der Waals surface area contributed by atoms with Gasteiger partial charge in [0.2, 0.25) is 0 Å². The van der Waals surface area contributed by atoms with Crippen LogP contribution >= 0.6 is 0 Å². The van der Waals surface area contributed by atoms with E-state index in [0.717, 1.165) is 18.8 Å². The average Bonchev–Trinajstić information content (AvgIpc) is 3.18. The molecule has 1 aliphatic rings. The molecule has 144 valence electrons. The van der Waals surface area contributed by atoms with E-state index in [0.29, 0.717) is 11.1 Å². The second kappa shape index (κ2) is 7.98. The first-order chi connectivity index (χ1) is 14.1. The van der Waals surface area contributed by atoms with Gasteiger partial charge in [-0.3, -0.25) is 4.79 Å². The van der Waals surface area contributed by atoms with Crippen molar-refractivity contribution in [2.24, 2.45) is 5.10 Å². The van der Waals surface area contributed by atoms with Gasteiger partial charge in [-0.1, -0.05) is 36.4 Å². The summed E-state index contributed by atoms with van der Waals surface area (Å²) in [5.74, 6) is -1.29. The SMILES string of the molecule is O=C(O)c1ccc(C=NNC(=O)c2ccc(N3Cc4ccccc4C3)cc2)cc1. The van der Waals surface area contributed by atoms with Crippen molar-refractivity contribution in [3.05, 3.63) is 101 Å². The third-order valence-electron chi connectivity index (χ3n) is 4.87. The highest BCUT2D eigenvalue weighted by atomic mass is 16.4. The summed E-state index contributed by atoms with van der Waals surface area (Å²) in [6.07, 6.45) is 1.47. The number of nitrogens with zero attached hydrogens (tertiary/aromatic N) is 2. The topological polar surface area (TPSA) is 82.0 Å². The van der Waals surface area contributed by atoms with Gasteiger partial charge in [-0.15, -0.1) is 0 Å². The van der Waals surface area contributed by atoms with Crippen LogP contribution in [-0.2, 0) is 13.1 Å². The zero-order valence-electron chi connectivity index (χ0n) is 15.6. The number of carboxylic acids is 1. The average molecular weight is 385 g/mol. The fraction of sp³-hybridized carbons (Fsp3) is 0.0870. The zero-order chi connectivity index (χ0) is 20.2. The summed E-state index contributed by atoms with van der Waals surface area (Å²) in [4.78, 5) is 25.4.